The first-order chi connectivity index (χ1) is 27.4. The second-order valence-corrected chi connectivity index (χ2v) is 18.5. The molecule has 3 aliphatic carbocycles. The van der Waals surface area contributed by atoms with Crippen LogP contribution >= 0.6 is 11.6 Å². The summed E-state index contributed by atoms with van der Waals surface area (Å²) in [6.45, 7) is 8.15. The molecule has 0 radical (unpaired) electrons. The van der Waals surface area contributed by atoms with E-state index in [1.54, 1.807) is 12.1 Å². The zero-order chi connectivity index (χ0) is 39.9. The molecule has 306 valence electrons. The second-order valence-electron chi connectivity index (χ2n) is 18.1. The van der Waals surface area contributed by atoms with Gasteiger partial charge in [-0.3, -0.25) is 9.78 Å². The Balaban J connectivity index is 1.04. The summed E-state index contributed by atoms with van der Waals surface area (Å²) in [7, 11) is 4.00. The van der Waals surface area contributed by atoms with Crippen molar-refractivity contribution in [1.82, 2.24) is 14.8 Å². The number of nitrogens with one attached hydrogen (secondary N) is 1. The van der Waals surface area contributed by atoms with Crippen LogP contribution in [-0.4, -0.2) is 90.4 Å². The van der Waals surface area contributed by atoms with Gasteiger partial charge in [-0.15, -0.1) is 0 Å². The molecular formula is C46H59ClN4O6. The summed E-state index contributed by atoms with van der Waals surface area (Å²) in [4.78, 5) is 34.1. The number of rotatable bonds is 12. The van der Waals surface area contributed by atoms with Crippen LogP contribution in [0, 0.1) is 17.8 Å². The Labute approximate surface area is 342 Å². The summed E-state index contributed by atoms with van der Waals surface area (Å²) >= 11 is 6.33. The predicted molar refractivity (Wildman–Crippen MR) is 222 cm³/mol. The van der Waals surface area contributed by atoms with E-state index in [0.29, 0.717) is 55.3 Å². The monoisotopic (exact) mass is 798 g/mol. The summed E-state index contributed by atoms with van der Waals surface area (Å²) in [5.41, 5.74) is 4.41. The molecular weight excluding hydrogens is 740 g/mol. The third-order valence-corrected chi connectivity index (χ3v) is 14.1. The number of hydrogen-bond donors (Lipinski definition) is 2. The van der Waals surface area contributed by atoms with E-state index in [1.165, 1.54) is 28.8 Å². The van der Waals surface area contributed by atoms with E-state index in [9.17, 15) is 14.7 Å². The molecule has 3 heterocycles. The Morgan fingerprint density at radius 3 is 2.70 bits per heavy atom. The highest BCUT2D eigenvalue weighted by Crippen LogP contribution is 2.58. The lowest BCUT2D eigenvalue weighted by atomic mass is 9.59. The van der Waals surface area contributed by atoms with Gasteiger partial charge in [-0.25, -0.2) is 4.79 Å². The molecule has 1 saturated carbocycles. The van der Waals surface area contributed by atoms with E-state index < -0.39 is 11.5 Å². The van der Waals surface area contributed by atoms with Crippen molar-refractivity contribution in [3.63, 3.8) is 0 Å². The first-order valence-electron chi connectivity index (χ1n) is 21.2. The van der Waals surface area contributed by atoms with Crippen LogP contribution < -0.4 is 19.5 Å². The molecule has 1 amide bonds. The molecule has 2 N–H and O–H groups in total. The molecule has 1 aromatic heterocycles. The van der Waals surface area contributed by atoms with Crippen molar-refractivity contribution < 1.29 is 28.9 Å². The molecule has 2 aromatic carbocycles. The lowest BCUT2D eigenvalue weighted by molar-refractivity contribution is -0.144. The fourth-order valence-corrected chi connectivity index (χ4v) is 11.1. The van der Waals surface area contributed by atoms with Gasteiger partial charge in [0.25, 0.3) is 0 Å². The molecule has 3 aromatic rings. The SMILES string of the molecule is C[C@@H](COc1ccnc2c1[C@H](C)CCC2)CC1Cc2cc3c(cc2C12CCC(Nc1cccc(Cl)c1)(C(=O)O)CC2)OC(CN(C)CC1CC(=O)N(C)C1)CCO3. The standard InChI is InChI=1S/C46H59ClN4O6/c1-29(28-56-39-11-17-48-38-10-5-7-30(2)43(38)39)19-33-21-32-22-40-41(57-36(12-18-55-40)27-50(3)25-31-20-42(52)51(4)26-31)24-37(32)45(33)13-15-46(16-14-45,44(53)54)49-35-9-6-8-34(47)23-35/h6,8-9,11,17,22-24,29-31,33,36,49H,5,7,10,12-16,18-21,25-28H2,1-4H3,(H,53,54)/t29-,30-,31?,33?,36?,45?,46?/m1/s1. The van der Waals surface area contributed by atoms with Gasteiger partial charge in [-0.2, -0.15) is 0 Å². The number of likely N-dealkylation sites (tertiary alicyclic amines) is 1. The Morgan fingerprint density at radius 1 is 1.12 bits per heavy atom. The van der Waals surface area contributed by atoms with Crippen molar-refractivity contribution in [2.75, 3.05) is 52.3 Å². The number of carboxylic acids is 1. The number of carbonyl (C=O) groups excluding carboxylic acids is 1. The highest BCUT2D eigenvalue weighted by molar-refractivity contribution is 6.30. The summed E-state index contributed by atoms with van der Waals surface area (Å²) in [6.07, 6.45) is 10.8. The molecule has 10 nitrogen and oxygen atoms in total. The average Bonchev–Trinajstić information content (AvgIpc) is 3.54. The zero-order valence-electron chi connectivity index (χ0n) is 34.0. The molecule has 5 aliphatic rings. The molecule has 8 rings (SSSR count). The molecule has 1 spiro atoms. The van der Waals surface area contributed by atoms with E-state index in [0.717, 1.165) is 87.5 Å². The number of pyridine rings is 1. The molecule has 2 fully saturated rings. The topological polar surface area (TPSA) is 113 Å². The van der Waals surface area contributed by atoms with Crippen LogP contribution in [0.4, 0.5) is 5.69 Å². The molecule has 57 heavy (non-hydrogen) atoms. The maximum atomic E-state index is 13.1. The Hall–Kier alpha value is -4.02. The van der Waals surface area contributed by atoms with Crippen LogP contribution in [0.1, 0.15) is 99.9 Å². The third kappa shape index (κ3) is 8.18. The Kier molecular flexibility index (Phi) is 11.4. The number of fused-ring (bicyclic) bond motifs is 4. The molecule has 0 bridgehead atoms. The molecule has 5 atom stereocenters. The van der Waals surface area contributed by atoms with Crippen LogP contribution in [0.5, 0.6) is 17.2 Å². The van der Waals surface area contributed by atoms with Crippen molar-refractivity contribution >= 4 is 29.2 Å². The fourth-order valence-electron chi connectivity index (χ4n) is 10.9. The normalized spacial score (nSPS) is 28.5. The van der Waals surface area contributed by atoms with Crippen LogP contribution in [-0.2, 0) is 27.8 Å². The quantitative estimate of drug-likeness (QED) is 0.188. The lowest BCUT2D eigenvalue weighted by Crippen LogP contribution is -2.53. The number of ether oxygens (including phenoxy) is 3. The smallest absolute Gasteiger partial charge is 0.329 e. The highest BCUT2D eigenvalue weighted by Gasteiger charge is 2.54. The van der Waals surface area contributed by atoms with Crippen molar-refractivity contribution in [2.24, 2.45) is 17.8 Å². The van der Waals surface area contributed by atoms with Gasteiger partial charge in [-0.05, 0) is 141 Å². The minimum atomic E-state index is -1.10. The van der Waals surface area contributed by atoms with Crippen LogP contribution in [0.2, 0.25) is 5.02 Å². The van der Waals surface area contributed by atoms with Gasteiger partial charge in [0.1, 0.15) is 17.4 Å². The number of likely N-dealkylation sites (N-methyl/N-ethyl adjacent to an activating group) is 1. The van der Waals surface area contributed by atoms with E-state index in [2.05, 4.69) is 48.2 Å². The number of amides is 1. The zero-order valence-corrected chi connectivity index (χ0v) is 34.8. The predicted octanol–water partition coefficient (Wildman–Crippen LogP) is 8.14. The van der Waals surface area contributed by atoms with Crippen molar-refractivity contribution in [2.45, 2.75) is 107 Å². The molecule has 1 saturated heterocycles. The number of carboxylic acid groups (broad SMARTS) is 1. The minimum Gasteiger partial charge on any atom is -0.493 e. The maximum absolute atomic E-state index is 13.1. The van der Waals surface area contributed by atoms with E-state index in [1.807, 2.05) is 36.3 Å². The maximum Gasteiger partial charge on any atom is 0.329 e. The van der Waals surface area contributed by atoms with Gasteiger partial charge < -0.3 is 34.4 Å². The lowest BCUT2D eigenvalue weighted by Gasteiger charge is -2.47. The summed E-state index contributed by atoms with van der Waals surface area (Å²) in [5, 5.41) is 14.8. The molecule has 2 aliphatic heterocycles. The number of benzene rings is 2. The van der Waals surface area contributed by atoms with Crippen molar-refractivity contribution in [3.8, 4) is 17.2 Å². The summed E-state index contributed by atoms with van der Waals surface area (Å²) in [5.74, 6) is 3.28. The van der Waals surface area contributed by atoms with Crippen LogP contribution in [0.25, 0.3) is 0 Å². The van der Waals surface area contributed by atoms with Gasteiger partial charge in [0.05, 0.1) is 13.2 Å². The average molecular weight is 799 g/mol. The number of halogens is 1. The van der Waals surface area contributed by atoms with E-state index in [-0.39, 0.29) is 23.3 Å². The first-order valence-corrected chi connectivity index (χ1v) is 21.6. The van der Waals surface area contributed by atoms with Gasteiger partial charge in [0.2, 0.25) is 5.91 Å². The van der Waals surface area contributed by atoms with Gasteiger partial charge in [0.15, 0.2) is 11.5 Å². The van der Waals surface area contributed by atoms with E-state index in [4.69, 9.17) is 25.8 Å². The number of aromatic nitrogens is 1. The number of anilines is 1. The molecule has 3 unspecified atom stereocenters. The molecule has 11 heteroatoms. The van der Waals surface area contributed by atoms with Crippen LogP contribution in [0.3, 0.4) is 0 Å². The van der Waals surface area contributed by atoms with Gasteiger partial charge >= 0.3 is 5.97 Å². The van der Waals surface area contributed by atoms with Crippen molar-refractivity contribution in [1.29, 1.82) is 0 Å². The van der Waals surface area contributed by atoms with Crippen LogP contribution in [0.15, 0.2) is 48.7 Å². The second kappa shape index (κ2) is 16.3. The highest BCUT2D eigenvalue weighted by atomic mass is 35.5. The summed E-state index contributed by atoms with van der Waals surface area (Å²) in [6, 6.07) is 13.9. The number of nitrogens with zero attached hydrogens (tertiary/aromatic N) is 3. The number of hydrogen-bond acceptors (Lipinski definition) is 8. The number of aryl methyl sites for hydroxylation is 1. The first kappa shape index (κ1) is 39.8. The Morgan fingerprint density at radius 2 is 1.95 bits per heavy atom. The van der Waals surface area contributed by atoms with Crippen molar-refractivity contribution in [3.05, 3.63) is 76.1 Å². The number of aliphatic carboxylic acids is 1. The fraction of sp³-hybridized carbons (Fsp3) is 0.587. The summed E-state index contributed by atoms with van der Waals surface area (Å²) < 4.78 is 19.9. The Bertz CT molecular complexity index is 1960. The minimum absolute atomic E-state index is 0.0518. The largest absolute Gasteiger partial charge is 0.493 e. The van der Waals surface area contributed by atoms with E-state index >= 15 is 0 Å². The van der Waals surface area contributed by atoms with Gasteiger partial charge in [0, 0.05) is 67.7 Å². The number of carbonyl (C=O) groups is 2. The van der Waals surface area contributed by atoms with Gasteiger partial charge in [-0.1, -0.05) is 31.5 Å². The third-order valence-electron chi connectivity index (χ3n) is 13.9.